The normalized spacial score (nSPS) is 20.6. The topological polar surface area (TPSA) is 91.0 Å². The number of benzene rings is 1. The maximum Gasteiger partial charge on any atom is 0.265 e. The number of thioether (sulfide) groups is 1. The lowest BCUT2D eigenvalue weighted by Crippen LogP contribution is -2.34. The molecule has 0 aliphatic carbocycles. The maximum absolute atomic E-state index is 13.2. The second-order valence-electron chi connectivity index (χ2n) is 7.45. The van der Waals surface area contributed by atoms with Gasteiger partial charge in [-0.2, -0.15) is 5.10 Å². The predicted molar refractivity (Wildman–Crippen MR) is 109 cm³/mol. The Morgan fingerprint density at radius 2 is 2.17 bits per heavy atom. The SMILES string of the molecule is O=C(CC1CSc2nc3c(cnn3-c3ccc(F)cc3)c(=O)n21)NCC1CCCO1. The number of nitrogens with one attached hydrogen (secondary N) is 1. The molecular formula is C20H20FN5O3S. The summed E-state index contributed by atoms with van der Waals surface area (Å²) in [4.78, 5) is 30.1. The van der Waals surface area contributed by atoms with Crippen LogP contribution in [0.2, 0.25) is 0 Å². The van der Waals surface area contributed by atoms with E-state index < -0.39 is 0 Å². The first-order valence-corrected chi connectivity index (χ1v) is 10.9. The zero-order chi connectivity index (χ0) is 20.7. The number of hydrogen-bond donors (Lipinski definition) is 1. The summed E-state index contributed by atoms with van der Waals surface area (Å²) in [7, 11) is 0. The number of nitrogens with zero attached hydrogens (tertiary/aromatic N) is 4. The molecule has 0 spiro atoms. The van der Waals surface area contributed by atoms with Gasteiger partial charge in [0.15, 0.2) is 10.8 Å². The first kappa shape index (κ1) is 19.3. The van der Waals surface area contributed by atoms with Crippen molar-refractivity contribution < 1.29 is 13.9 Å². The van der Waals surface area contributed by atoms with Crippen LogP contribution in [0.1, 0.15) is 25.3 Å². The van der Waals surface area contributed by atoms with Crippen LogP contribution in [0.15, 0.2) is 40.4 Å². The Hall–Kier alpha value is -2.72. The van der Waals surface area contributed by atoms with Crippen molar-refractivity contribution in [3.05, 3.63) is 46.6 Å². The van der Waals surface area contributed by atoms with E-state index >= 15 is 0 Å². The molecule has 156 valence electrons. The van der Waals surface area contributed by atoms with Gasteiger partial charge in [-0.05, 0) is 37.1 Å². The standard InChI is InChI=1S/C20H20FN5O3S/c21-12-3-5-13(6-4-12)26-18-16(10-23-26)19(28)25-14(11-30-20(25)24-18)8-17(27)22-9-15-2-1-7-29-15/h3-6,10,14-15H,1-2,7-9,11H2,(H,22,27). The molecular weight excluding hydrogens is 409 g/mol. The minimum Gasteiger partial charge on any atom is -0.376 e. The Morgan fingerprint density at radius 3 is 2.93 bits per heavy atom. The number of rotatable bonds is 5. The van der Waals surface area contributed by atoms with Gasteiger partial charge < -0.3 is 10.1 Å². The van der Waals surface area contributed by atoms with E-state index in [1.807, 2.05) is 0 Å². The number of amides is 1. The first-order valence-electron chi connectivity index (χ1n) is 9.87. The third-order valence-electron chi connectivity index (χ3n) is 5.41. The van der Waals surface area contributed by atoms with Crippen LogP contribution in [0, 0.1) is 5.82 Å². The summed E-state index contributed by atoms with van der Waals surface area (Å²) < 4.78 is 21.9. The molecule has 1 aromatic carbocycles. The van der Waals surface area contributed by atoms with Crippen molar-refractivity contribution in [1.29, 1.82) is 0 Å². The Kier molecular flexibility index (Phi) is 5.03. The van der Waals surface area contributed by atoms with Crippen LogP contribution >= 0.6 is 11.8 Å². The predicted octanol–water partition coefficient (Wildman–Crippen LogP) is 2.05. The van der Waals surface area contributed by atoms with Crippen molar-refractivity contribution in [3.63, 3.8) is 0 Å². The molecule has 3 aromatic rings. The van der Waals surface area contributed by atoms with E-state index in [4.69, 9.17) is 4.74 Å². The fraction of sp³-hybridized carbons (Fsp3) is 0.400. The third kappa shape index (κ3) is 3.50. The van der Waals surface area contributed by atoms with E-state index in [9.17, 15) is 14.0 Å². The number of carbonyl (C=O) groups excluding carboxylic acids is 1. The molecule has 4 heterocycles. The molecule has 2 aliphatic rings. The summed E-state index contributed by atoms with van der Waals surface area (Å²) in [6, 6.07) is 5.59. The molecule has 0 saturated carbocycles. The molecule has 1 saturated heterocycles. The van der Waals surface area contributed by atoms with Gasteiger partial charge in [0.05, 0.1) is 24.0 Å². The molecule has 2 atom stereocenters. The van der Waals surface area contributed by atoms with Crippen LogP contribution in [-0.2, 0) is 9.53 Å². The molecule has 0 radical (unpaired) electrons. The van der Waals surface area contributed by atoms with E-state index in [1.165, 1.54) is 34.8 Å². The van der Waals surface area contributed by atoms with E-state index in [-0.39, 0.29) is 35.9 Å². The fourth-order valence-corrected chi connectivity index (χ4v) is 5.00. The van der Waals surface area contributed by atoms with Gasteiger partial charge in [0, 0.05) is 25.3 Å². The molecule has 8 nitrogen and oxygen atoms in total. The van der Waals surface area contributed by atoms with Crippen LogP contribution in [0.25, 0.3) is 16.7 Å². The molecule has 1 fully saturated rings. The molecule has 2 aromatic heterocycles. The number of halogens is 1. The van der Waals surface area contributed by atoms with Crippen molar-refractivity contribution in [3.8, 4) is 5.69 Å². The van der Waals surface area contributed by atoms with Crippen LogP contribution < -0.4 is 10.9 Å². The Balaban J connectivity index is 1.39. The second-order valence-corrected chi connectivity index (χ2v) is 8.43. The summed E-state index contributed by atoms with van der Waals surface area (Å²) in [5, 5.41) is 8.12. The van der Waals surface area contributed by atoms with E-state index in [0.29, 0.717) is 34.2 Å². The number of carbonyl (C=O) groups is 1. The summed E-state index contributed by atoms with van der Waals surface area (Å²) in [6.45, 7) is 1.25. The average molecular weight is 429 g/mol. The lowest BCUT2D eigenvalue weighted by atomic mass is 10.2. The summed E-state index contributed by atoms with van der Waals surface area (Å²) >= 11 is 1.45. The van der Waals surface area contributed by atoms with E-state index in [2.05, 4.69) is 15.4 Å². The number of ether oxygens (including phenoxy) is 1. The highest BCUT2D eigenvalue weighted by Crippen LogP contribution is 2.33. The zero-order valence-corrected chi connectivity index (χ0v) is 16.9. The highest BCUT2D eigenvalue weighted by atomic mass is 32.2. The number of aromatic nitrogens is 4. The summed E-state index contributed by atoms with van der Waals surface area (Å²) in [6.07, 6.45) is 3.75. The van der Waals surface area contributed by atoms with Crippen molar-refractivity contribution in [2.24, 2.45) is 0 Å². The minimum absolute atomic E-state index is 0.0838. The Bertz CT molecular complexity index is 1150. The van der Waals surface area contributed by atoms with Crippen molar-refractivity contribution in [2.75, 3.05) is 18.9 Å². The molecule has 30 heavy (non-hydrogen) atoms. The van der Waals surface area contributed by atoms with Gasteiger partial charge in [-0.15, -0.1) is 0 Å². The van der Waals surface area contributed by atoms with Gasteiger partial charge in [0.2, 0.25) is 5.91 Å². The molecule has 10 heteroatoms. The van der Waals surface area contributed by atoms with E-state index in [1.54, 1.807) is 16.7 Å². The molecule has 2 unspecified atom stereocenters. The smallest absolute Gasteiger partial charge is 0.265 e. The Morgan fingerprint density at radius 1 is 1.33 bits per heavy atom. The van der Waals surface area contributed by atoms with Crippen LogP contribution in [0.5, 0.6) is 0 Å². The molecule has 0 bridgehead atoms. The average Bonchev–Trinajstić information content (AvgIpc) is 3.48. The van der Waals surface area contributed by atoms with Gasteiger partial charge in [0.25, 0.3) is 5.56 Å². The highest BCUT2D eigenvalue weighted by Gasteiger charge is 2.30. The van der Waals surface area contributed by atoms with Crippen LogP contribution in [-0.4, -0.2) is 50.2 Å². The quantitative estimate of drug-likeness (QED) is 0.625. The zero-order valence-electron chi connectivity index (χ0n) is 16.1. The minimum atomic E-state index is -0.347. The van der Waals surface area contributed by atoms with Gasteiger partial charge in [0.1, 0.15) is 11.2 Å². The second kappa shape index (κ2) is 7.84. The monoisotopic (exact) mass is 429 g/mol. The first-order chi connectivity index (χ1) is 14.6. The highest BCUT2D eigenvalue weighted by molar-refractivity contribution is 7.99. The van der Waals surface area contributed by atoms with Crippen molar-refractivity contribution >= 4 is 28.7 Å². The van der Waals surface area contributed by atoms with Gasteiger partial charge in [-0.1, -0.05) is 11.8 Å². The number of fused-ring (bicyclic) bond motifs is 2. The fourth-order valence-electron chi connectivity index (χ4n) is 3.87. The molecule has 1 N–H and O–H groups in total. The largest absolute Gasteiger partial charge is 0.376 e. The van der Waals surface area contributed by atoms with Gasteiger partial charge in [-0.3, -0.25) is 14.2 Å². The third-order valence-corrected chi connectivity index (χ3v) is 6.51. The molecule has 5 rings (SSSR count). The molecule has 2 aliphatic heterocycles. The maximum atomic E-state index is 13.2. The van der Waals surface area contributed by atoms with Gasteiger partial charge >= 0.3 is 0 Å². The van der Waals surface area contributed by atoms with E-state index in [0.717, 1.165) is 19.4 Å². The van der Waals surface area contributed by atoms with Crippen LogP contribution in [0.3, 0.4) is 0 Å². The number of hydrogen-bond acceptors (Lipinski definition) is 6. The lowest BCUT2D eigenvalue weighted by Gasteiger charge is -2.15. The summed E-state index contributed by atoms with van der Waals surface area (Å²) in [5.74, 6) is 0.157. The molecule has 1 amide bonds. The summed E-state index contributed by atoms with van der Waals surface area (Å²) in [5.41, 5.74) is 0.829. The van der Waals surface area contributed by atoms with Gasteiger partial charge in [-0.25, -0.2) is 14.1 Å². The van der Waals surface area contributed by atoms with Crippen molar-refractivity contribution in [1.82, 2.24) is 24.6 Å². The van der Waals surface area contributed by atoms with Crippen molar-refractivity contribution in [2.45, 2.75) is 36.6 Å². The lowest BCUT2D eigenvalue weighted by molar-refractivity contribution is -0.122. The van der Waals surface area contributed by atoms with Crippen LogP contribution in [0.4, 0.5) is 4.39 Å². The Labute approximate surface area is 175 Å².